The van der Waals surface area contributed by atoms with Crippen molar-refractivity contribution in [3.8, 4) is 5.75 Å². The first-order valence-corrected chi connectivity index (χ1v) is 11.8. The van der Waals surface area contributed by atoms with E-state index >= 15 is 0 Å². The lowest BCUT2D eigenvalue weighted by Crippen LogP contribution is -2.23. The molecule has 32 heavy (non-hydrogen) atoms. The van der Waals surface area contributed by atoms with E-state index in [0.717, 1.165) is 36.8 Å². The molecule has 1 aromatic heterocycles. The topological polar surface area (TPSA) is 68.7 Å². The Kier molecular flexibility index (Phi) is 8.75. The second-order valence-corrected chi connectivity index (χ2v) is 9.00. The first-order valence-electron chi connectivity index (χ1n) is 10.9. The van der Waals surface area contributed by atoms with Crippen molar-refractivity contribution in [2.24, 2.45) is 5.92 Å². The molecule has 0 bridgehead atoms. The zero-order valence-corrected chi connectivity index (χ0v) is 18.9. The maximum Gasteiger partial charge on any atom is 0.355 e. The maximum atomic E-state index is 14.2. The highest BCUT2D eigenvalue weighted by atomic mass is 32.1. The fourth-order valence-corrected chi connectivity index (χ4v) is 4.69. The number of nitrogens with zero attached hydrogens (tertiary/aromatic N) is 1. The largest absolute Gasteiger partial charge is 0.487 e. The lowest BCUT2D eigenvalue weighted by atomic mass is 10.1. The Morgan fingerprint density at radius 2 is 2.12 bits per heavy atom. The van der Waals surface area contributed by atoms with Crippen molar-refractivity contribution in [2.45, 2.75) is 57.0 Å². The van der Waals surface area contributed by atoms with E-state index in [1.807, 2.05) is 0 Å². The lowest BCUT2D eigenvalue weighted by Gasteiger charge is -2.18. The average molecular weight is 466 g/mol. The van der Waals surface area contributed by atoms with Crippen molar-refractivity contribution in [3.05, 3.63) is 58.6 Å². The van der Waals surface area contributed by atoms with E-state index in [1.54, 1.807) is 41.8 Å². The zero-order valence-electron chi connectivity index (χ0n) is 18.1. The normalized spacial score (nSPS) is 20.0. The number of carbonyl (C=O) groups is 1. The number of benzene rings is 1. The minimum absolute atomic E-state index is 0.0112. The highest BCUT2D eigenvalue weighted by molar-refractivity contribution is 7.09. The van der Waals surface area contributed by atoms with Crippen LogP contribution in [0.3, 0.4) is 0 Å². The van der Waals surface area contributed by atoms with Crippen LogP contribution in [-0.2, 0) is 4.74 Å². The predicted molar refractivity (Wildman–Crippen MR) is 120 cm³/mol. The van der Waals surface area contributed by atoms with Crippen molar-refractivity contribution < 1.29 is 28.2 Å². The molecule has 0 saturated heterocycles. The molecule has 1 aliphatic rings. The van der Waals surface area contributed by atoms with Crippen LogP contribution in [0.25, 0.3) is 0 Å². The molecule has 0 spiro atoms. The van der Waals surface area contributed by atoms with E-state index < -0.39 is 18.5 Å². The van der Waals surface area contributed by atoms with Gasteiger partial charge in [0.25, 0.3) is 5.92 Å². The molecular formula is C24H29F2NO4S. The maximum absolute atomic E-state index is 14.2. The van der Waals surface area contributed by atoms with Crippen molar-refractivity contribution in [1.82, 2.24) is 4.98 Å². The number of ether oxygens (including phenoxy) is 2. The quantitative estimate of drug-likeness (QED) is 0.379. The summed E-state index contributed by atoms with van der Waals surface area (Å²) < 4.78 is 39.6. The van der Waals surface area contributed by atoms with Crippen LogP contribution in [0.1, 0.15) is 60.4 Å². The van der Waals surface area contributed by atoms with Gasteiger partial charge in [0.05, 0.1) is 17.7 Å². The molecule has 3 atom stereocenters. The predicted octanol–water partition coefficient (Wildman–Crippen LogP) is 6.18. The van der Waals surface area contributed by atoms with Gasteiger partial charge in [0, 0.05) is 11.3 Å². The SMILES string of the molecule is CCC[C@@H](CO[C@H]1CC[C@H](/C=C/C(F)(F)COc2ccccc2)C1)c1nc(C(=O)O)cs1. The Morgan fingerprint density at radius 3 is 2.81 bits per heavy atom. The van der Waals surface area contributed by atoms with Crippen molar-refractivity contribution in [3.63, 3.8) is 0 Å². The van der Waals surface area contributed by atoms with Gasteiger partial charge in [-0.05, 0) is 49.8 Å². The minimum atomic E-state index is -3.03. The Bertz CT molecular complexity index is 887. The van der Waals surface area contributed by atoms with Crippen LogP contribution in [0.5, 0.6) is 5.75 Å². The summed E-state index contributed by atoms with van der Waals surface area (Å²) in [6.07, 6.45) is 6.66. The highest BCUT2D eigenvalue weighted by Gasteiger charge is 2.29. The number of para-hydroxylation sites is 1. The molecule has 2 aromatic rings. The number of aromatic nitrogens is 1. The van der Waals surface area contributed by atoms with Gasteiger partial charge in [-0.2, -0.15) is 8.78 Å². The van der Waals surface area contributed by atoms with Gasteiger partial charge < -0.3 is 14.6 Å². The summed E-state index contributed by atoms with van der Waals surface area (Å²) in [6, 6.07) is 8.59. The first-order chi connectivity index (χ1) is 15.4. The second-order valence-electron chi connectivity index (χ2n) is 8.11. The summed E-state index contributed by atoms with van der Waals surface area (Å²) in [5.41, 5.74) is 0.0642. The van der Waals surface area contributed by atoms with Gasteiger partial charge in [0.1, 0.15) is 5.75 Å². The van der Waals surface area contributed by atoms with Crippen molar-refractivity contribution >= 4 is 17.3 Å². The number of aromatic carboxylic acids is 1. The van der Waals surface area contributed by atoms with Crippen LogP contribution >= 0.6 is 11.3 Å². The van der Waals surface area contributed by atoms with Gasteiger partial charge in [0.2, 0.25) is 0 Å². The van der Waals surface area contributed by atoms with Gasteiger partial charge in [-0.1, -0.05) is 37.6 Å². The van der Waals surface area contributed by atoms with E-state index in [2.05, 4.69) is 11.9 Å². The number of alkyl halides is 2. The third-order valence-electron chi connectivity index (χ3n) is 5.47. The summed E-state index contributed by atoms with van der Waals surface area (Å²) in [5, 5.41) is 11.4. The Balaban J connectivity index is 1.46. The number of carboxylic acids is 1. The lowest BCUT2D eigenvalue weighted by molar-refractivity contribution is 0.00452. The smallest absolute Gasteiger partial charge is 0.355 e. The van der Waals surface area contributed by atoms with E-state index in [4.69, 9.17) is 14.6 Å². The molecule has 1 aliphatic carbocycles. The van der Waals surface area contributed by atoms with Gasteiger partial charge in [0.15, 0.2) is 12.3 Å². The molecule has 1 saturated carbocycles. The molecule has 174 valence electrons. The number of thiazole rings is 1. The van der Waals surface area contributed by atoms with Gasteiger partial charge >= 0.3 is 5.97 Å². The van der Waals surface area contributed by atoms with Crippen LogP contribution in [0.15, 0.2) is 47.9 Å². The summed E-state index contributed by atoms with van der Waals surface area (Å²) >= 11 is 1.34. The summed E-state index contributed by atoms with van der Waals surface area (Å²) in [7, 11) is 0. The molecule has 1 heterocycles. The molecular weight excluding hydrogens is 436 g/mol. The molecule has 1 N–H and O–H groups in total. The van der Waals surface area contributed by atoms with E-state index in [-0.39, 0.29) is 23.6 Å². The zero-order chi connectivity index (χ0) is 23.0. The van der Waals surface area contributed by atoms with Crippen LogP contribution < -0.4 is 4.74 Å². The Hall–Kier alpha value is -2.32. The second kappa shape index (κ2) is 11.5. The third kappa shape index (κ3) is 7.38. The van der Waals surface area contributed by atoms with Crippen molar-refractivity contribution in [1.29, 1.82) is 0 Å². The standard InChI is InChI=1S/C24H29F2NO4S/c1-2-6-18(22-27-21(15-32-22)23(28)29)14-30-20-10-9-17(13-20)11-12-24(25,26)16-31-19-7-4-3-5-8-19/h3-5,7-8,11-12,15,17-18,20H,2,6,9-10,13-14,16H2,1H3,(H,28,29)/b12-11+/t17-,18+,20+/m1/s1. The fourth-order valence-electron chi connectivity index (χ4n) is 3.77. The van der Waals surface area contributed by atoms with E-state index in [9.17, 15) is 13.6 Å². The number of hydrogen-bond acceptors (Lipinski definition) is 5. The molecule has 1 aromatic carbocycles. The molecule has 0 aliphatic heterocycles. The van der Waals surface area contributed by atoms with Gasteiger partial charge in [-0.25, -0.2) is 9.78 Å². The van der Waals surface area contributed by atoms with Gasteiger partial charge in [-0.15, -0.1) is 11.3 Å². The van der Waals surface area contributed by atoms with Crippen LogP contribution in [0, 0.1) is 5.92 Å². The van der Waals surface area contributed by atoms with E-state index in [0.29, 0.717) is 18.8 Å². The highest BCUT2D eigenvalue weighted by Crippen LogP contribution is 2.32. The number of carboxylic acid groups (broad SMARTS) is 1. The van der Waals surface area contributed by atoms with E-state index in [1.165, 1.54) is 11.3 Å². The summed E-state index contributed by atoms with van der Waals surface area (Å²) in [5.74, 6) is -3.54. The van der Waals surface area contributed by atoms with Crippen LogP contribution in [0.2, 0.25) is 0 Å². The number of rotatable bonds is 12. The molecule has 1 fully saturated rings. The van der Waals surface area contributed by atoms with Crippen molar-refractivity contribution in [2.75, 3.05) is 13.2 Å². The molecule has 0 unspecified atom stereocenters. The third-order valence-corrected chi connectivity index (χ3v) is 6.48. The monoisotopic (exact) mass is 465 g/mol. The van der Waals surface area contributed by atoms with Crippen LogP contribution in [-0.4, -0.2) is 41.3 Å². The fraction of sp³-hybridized carbons (Fsp3) is 0.500. The Morgan fingerprint density at radius 1 is 1.34 bits per heavy atom. The van der Waals surface area contributed by atoms with Crippen LogP contribution in [0.4, 0.5) is 8.78 Å². The molecule has 3 rings (SSSR count). The van der Waals surface area contributed by atoms with Gasteiger partial charge in [-0.3, -0.25) is 0 Å². The molecule has 0 amide bonds. The first kappa shape index (κ1) is 24.3. The minimum Gasteiger partial charge on any atom is -0.487 e. The number of hydrogen-bond donors (Lipinski definition) is 1. The molecule has 5 nitrogen and oxygen atoms in total. The molecule has 8 heteroatoms. The molecule has 0 radical (unpaired) electrons. The number of allylic oxidation sites excluding steroid dienone is 1. The Labute approximate surface area is 191 Å². The average Bonchev–Trinajstić information content (AvgIpc) is 3.45. The summed E-state index contributed by atoms with van der Waals surface area (Å²) in [4.78, 5) is 15.3. The summed E-state index contributed by atoms with van der Waals surface area (Å²) in [6.45, 7) is 1.84. The number of halogens is 2.